The molecule has 1 aliphatic rings. The number of nitrogens with two attached hydrogens (primary N) is 1. The average Bonchev–Trinajstić information content (AvgIpc) is 3.14. The zero-order valence-corrected chi connectivity index (χ0v) is 10.2. The van der Waals surface area contributed by atoms with Crippen molar-refractivity contribution >= 4 is 22.7 Å². The Morgan fingerprint density at radius 1 is 1.56 bits per heavy atom. The molecule has 0 spiro atoms. The first-order valence-corrected chi connectivity index (χ1v) is 6.02. The Bertz CT molecular complexity index is 614. The van der Waals surface area contributed by atoms with E-state index in [1.165, 1.54) is 7.11 Å². The Hall–Kier alpha value is -2.04. The number of carbonyl (C=O) groups excluding carboxylic acids is 1. The molecule has 18 heavy (non-hydrogen) atoms. The lowest BCUT2D eigenvalue weighted by atomic mass is 10.3. The molecule has 0 radical (unpaired) electrons. The van der Waals surface area contributed by atoms with E-state index >= 15 is 0 Å². The molecular formula is C13H15N3O2. The molecule has 0 unspecified atom stereocenters. The summed E-state index contributed by atoms with van der Waals surface area (Å²) in [6, 6.07) is 5.64. The summed E-state index contributed by atoms with van der Waals surface area (Å²) >= 11 is 0. The first kappa shape index (κ1) is 11.1. The van der Waals surface area contributed by atoms with Crippen molar-refractivity contribution < 1.29 is 9.53 Å². The number of methoxy groups -OCH3 is 1. The van der Waals surface area contributed by atoms with E-state index in [1.54, 1.807) is 0 Å². The number of aromatic nitrogens is 2. The summed E-state index contributed by atoms with van der Waals surface area (Å²) in [5.74, 6) is 1.15. The predicted molar refractivity (Wildman–Crippen MR) is 68.1 cm³/mol. The number of benzene rings is 1. The molecule has 1 heterocycles. The fourth-order valence-corrected chi connectivity index (χ4v) is 2.20. The lowest BCUT2D eigenvalue weighted by molar-refractivity contribution is -0.141. The number of rotatable bonds is 3. The van der Waals surface area contributed by atoms with Crippen LogP contribution >= 0.6 is 0 Å². The van der Waals surface area contributed by atoms with Crippen molar-refractivity contribution in [1.82, 2.24) is 9.55 Å². The second kappa shape index (κ2) is 4.01. The van der Waals surface area contributed by atoms with Gasteiger partial charge in [0.05, 0.1) is 18.3 Å². The molecule has 0 amide bonds. The number of fused-ring (bicyclic) bond motifs is 1. The normalized spacial score (nSPS) is 14.9. The number of carbonyl (C=O) groups is 1. The van der Waals surface area contributed by atoms with E-state index < -0.39 is 0 Å². The largest absolute Gasteiger partial charge is 0.468 e. The first-order valence-electron chi connectivity index (χ1n) is 6.02. The SMILES string of the molecule is COC(=O)Cn1c(C2CC2)nc2c(N)cccc21. The van der Waals surface area contributed by atoms with Gasteiger partial charge in [-0.05, 0) is 25.0 Å². The number of nitrogen functional groups attached to an aromatic ring is 1. The molecule has 3 rings (SSSR count). The smallest absolute Gasteiger partial charge is 0.325 e. The van der Waals surface area contributed by atoms with Crippen molar-refractivity contribution in [3.63, 3.8) is 0 Å². The minimum Gasteiger partial charge on any atom is -0.468 e. The molecule has 1 fully saturated rings. The van der Waals surface area contributed by atoms with Gasteiger partial charge in [-0.3, -0.25) is 4.79 Å². The maximum Gasteiger partial charge on any atom is 0.325 e. The Labute approximate surface area is 105 Å². The van der Waals surface area contributed by atoms with Crippen LogP contribution in [0.2, 0.25) is 0 Å². The van der Waals surface area contributed by atoms with Gasteiger partial charge in [0.15, 0.2) is 0 Å². The van der Waals surface area contributed by atoms with Crippen LogP contribution in [0.5, 0.6) is 0 Å². The van der Waals surface area contributed by atoms with E-state index in [0.29, 0.717) is 11.6 Å². The maximum absolute atomic E-state index is 11.5. The number of ether oxygens (including phenoxy) is 1. The molecule has 5 nitrogen and oxygen atoms in total. The molecule has 94 valence electrons. The Balaban J connectivity index is 2.15. The standard InChI is InChI=1S/C13H15N3O2/c1-18-11(17)7-16-10-4-2-3-9(14)12(10)15-13(16)8-5-6-8/h2-4,8H,5-7,14H2,1H3. The molecule has 2 aromatic rings. The highest BCUT2D eigenvalue weighted by Crippen LogP contribution is 2.41. The molecule has 1 aromatic carbocycles. The van der Waals surface area contributed by atoms with Gasteiger partial charge in [0, 0.05) is 5.92 Å². The van der Waals surface area contributed by atoms with E-state index in [2.05, 4.69) is 4.98 Å². The van der Waals surface area contributed by atoms with Gasteiger partial charge in [-0.15, -0.1) is 0 Å². The summed E-state index contributed by atoms with van der Waals surface area (Å²) in [6.07, 6.45) is 2.26. The van der Waals surface area contributed by atoms with Gasteiger partial charge < -0.3 is 15.0 Å². The van der Waals surface area contributed by atoms with Gasteiger partial charge in [0.2, 0.25) is 0 Å². The Kier molecular flexibility index (Phi) is 2.47. The molecule has 0 aliphatic heterocycles. The molecule has 0 bridgehead atoms. The van der Waals surface area contributed by atoms with E-state index in [0.717, 1.165) is 29.7 Å². The van der Waals surface area contributed by atoms with E-state index in [1.807, 2.05) is 22.8 Å². The number of esters is 1. The van der Waals surface area contributed by atoms with Crippen LogP contribution in [-0.2, 0) is 16.1 Å². The van der Waals surface area contributed by atoms with Crippen molar-refractivity contribution in [3.05, 3.63) is 24.0 Å². The number of imidazole rings is 1. The van der Waals surface area contributed by atoms with Gasteiger partial charge in [0.25, 0.3) is 0 Å². The van der Waals surface area contributed by atoms with Crippen molar-refractivity contribution in [3.8, 4) is 0 Å². The quantitative estimate of drug-likeness (QED) is 0.659. The van der Waals surface area contributed by atoms with Gasteiger partial charge in [-0.1, -0.05) is 6.07 Å². The highest BCUT2D eigenvalue weighted by Gasteiger charge is 2.30. The predicted octanol–water partition coefficient (Wildman–Crippen LogP) is 1.67. The minimum atomic E-state index is -0.265. The molecule has 0 saturated heterocycles. The summed E-state index contributed by atoms with van der Waals surface area (Å²) in [5.41, 5.74) is 8.27. The van der Waals surface area contributed by atoms with Crippen LogP contribution in [0.3, 0.4) is 0 Å². The molecule has 1 aliphatic carbocycles. The number of anilines is 1. The third-order valence-electron chi connectivity index (χ3n) is 3.30. The summed E-state index contributed by atoms with van der Waals surface area (Å²) < 4.78 is 6.66. The minimum absolute atomic E-state index is 0.197. The average molecular weight is 245 g/mol. The molecule has 1 aromatic heterocycles. The van der Waals surface area contributed by atoms with Gasteiger partial charge in [-0.25, -0.2) is 4.98 Å². The third kappa shape index (κ3) is 1.72. The number of hydrogen-bond acceptors (Lipinski definition) is 4. The van der Waals surface area contributed by atoms with Crippen LogP contribution in [0.15, 0.2) is 18.2 Å². The van der Waals surface area contributed by atoms with Crippen LogP contribution in [-0.4, -0.2) is 22.6 Å². The van der Waals surface area contributed by atoms with Crippen molar-refractivity contribution in [2.45, 2.75) is 25.3 Å². The molecule has 1 saturated carbocycles. The summed E-state index contributed by atoms with van der Waals surface area (Å²) in [7, 11) is 1.40. The van der Waals surface area contributed by atoms with Crippen molar-refractivity contribution in [2.24, 2.45) is 0 Å². The number of nitrogens with zero attached hydrogens (tertiary/aromatic N) is 2. The van der Waals surface area contributed by atoms with Crippen LogP contribution in [0.25, 0.3) is 11.0 Å². The Morgan fingerprint density at radius 3 is 3.00 bits per heavy atom. The Morgan fingerprint density at radius 2 is 2.33 bits per heavy atom. The van der Waals surface area contributed by atoms with E-state index in [-0.39, 0.29) is 12.5 Å². The second-order valence-corrected chi connectivity index (χ2v) is 4.62. The van der Waals surface area contributed by atoms with Crippen molar-refractivity contribution in [1.29, 1.82) is 0 Å². The van der Waals surface area contributed by atoms with Crippen LogP contribution in [0, 0.1) is 0 Å². The van der Waals surface area contributed by atoms with Crippen LogP contribution < -0.4 is 5.73 Å². The highest BCUT2D eigenvalue weighted by atomic mass is 16.5. The van der Waals surface area contributed by atoms with Crippen LogP contribution in [0.1, 0.15) is 24.6 Å². The first-order chi connectivity index (χ1) is 8.70. The molecular weight excluding hydrogens is 230 g/mol. The molecule has 2 N–H and O–H groups in total. The summed E-state index contributed by atoms with van der Waals surface area (Å²) in [6.45, 7) is 0.197. The fraction of sp³-hybridized carbons (Fsp3) is 0.385. The summed E-state index contributed by atoms with van der Waals surface area (Å²) in [4.78, 5) is 16.1. The molecule has 0 atom stereocenters. The lowest BCUT2D eigenvalue weighted by Gasteiger charge is -2.06. The maximum atomic E-state index is 11.5. The fourth-order valence-electron chi connectivity index (χ4n) is 2.20. The third-order valence-corrected chi connectivity index (χ3v) is 3.30. The number of hydrogen-bond donors (Lipinski definition) is 1. The zero-order chi connectivity index (χ0) is 12.7. The zero-order valence-electron chi connectivity index (χ0n) is 10.2. The van der Waals surface area contributed by atoms with Gasteiger partial charge >= 0.3 is 5.97 Å². The highest BCUT2D eigenvalue weighted by molar-refractivity contribution is 5.88. The van der Waals surface area contributed by atoms with Crippen LogP contribution in [0.4, 0.5) is 5.69 Å². The topological polar surface area (TPSA) is 70.1 Å². The van der Waals surface area contributed by atoms with E-state index in [9.17, 15) is 4.79 Å². The lowest BCUT2D eigenvalue weighted by Crippen LogP contribution is -2.13. The summed E-state index contributed by atoms with van der Waals surface area (Å²) in [5, 5.41) is 0. The van der Waals surface area contributed by atoms with E-state index in [4.69, 9.17) is 10.5 Å². The number of para-hydroxylation sites is 1. The van der Waals surface area contributed by atoms with Gasteiger partial charge in [0.1, 0.15) is 17.9 Å². The molecule has 5 heteroatoms. The van der Waals surface area contributed by atoms with Crippen molar-refractivity contribution in [2.75, 3.05) is 12.8 Å². The monoisotopic (exact) mass is 245 g/mol. The second-order valence-electron chi connectivity index (χ2n) is 4.62. The van der Waals surface area contributed by atoms with Gasteiger partial charge in [-0.2, -0.15) is 0 Å².